The van der Waals surface area contributed by atoms with Gasteiger partial charge in [0.1, 0.15) is 11.8 Å². The number of aromatic nitrogens is 3. The molecule has 1 atom stereocenters. The fourth-order valence-corrected chi connectivity index (χ4v) is 1.14. The molecule has 0 saturated heterocycles. The fourth-order valence-electron chi connectivity index (χ4n) is 1.14. The largest absolute Gasteiger partial charge is 0.455 e. The number of alkyl halides is 1. The summed E-state index contributed by atoms with van der Waals surface area (Å²) in [7, 11) is 0. The van der Waals surface area contributed by atoms with Crippen molar-refractivity contribution in [2.45, 2.75) is 80.1 Å². The molecule has 1 aromatic heterocycles. The topological polar surface area (TPSA) is 57.0 Å². The van der Waals surface area contributed by atoms with Crippen LogP contribution in [0.15, 0.2) is 6.20 Å². The molecule has 21 heavy (non-hydrogen) atoms. The van der Waals surface area contributed by atoms with Crippen LogP contribution in [-0.4, -0.2) is 32.7 Å². The van der Waals surface area contributed by atoms with Gasteiger partial charge in [-0.1, -0.05) is 39.8 Å². The SMILES string of the molecule is CC.CC.CC[C@@H](F)Cn1cc(C(=O)OC(C)(C)C)nn1. The van der Waals surface area contributed by atoms with E-state index in [0.717, 1.165) is 0 Å². The molecule has 0 aliphatic heterocycles. The zero-order valence-electron chi connectivity index (χ0n) is 14.6. The van der Waals surface area contributed by atoms with Crippen molar-refractivity contribution >= 4 is 5.97 Å². The van der Waals surface area contributed by atoms with Crippen molar-refractivity contribution in [1.29, 1.82) is 0 Å². The van der Waals surface area contributed by atoms with Crippen molar-refractivity contribution in [2.24, 2.45) is 0 Å². The van der Waals surface area contributed by atoms with E-state index in [-0.39, 0.29) is 12.2 Å². The summed E-state index contributed by atoms with van der Waals surface area (Å²) >= 11 is 0. The molecule has 1 heterocycles. The Morgan fingerprint density at radius 1 is 1.33 bits per heavy atom. The minimum Gasteiger partial charge on any atom is -0.455 e. The third-order valence-corrected chi connectivity index (χ3v) is 1.97. The lowest BCUT2D eigenvalue weighted by Crippen LogP contribution is -2.24. The summed E-state index contributed by atoms with van der Waals surface area (Å²) in [4.78, 5) is 11.6. The number of rotatable bonds is 4. The predicted octanol–water partition coefficient (Wildman–Crippen LogP) is 4.03. The molecule has 5 nitrogen and oxygen atoms in total. The van der Waals surface area contributed by atoms with Crippen LogP contribution in [0.5, 0.6) is 0 Å². The van der Waals surface area contributed by atoms with Crippen LogP contribution in [0.3, 0.4) is 0 Å². The fraction of sp³-hybridized carbons (Fsp3) is 0.800. The van der Waals surface area contributed by atoms with Gasteiger partial charge in [-0.25, -0.2) is 13.9 Å². The Morgan fingerprint density at radius 2 is 1.86 bits per heavy atom. The lowest BCUT2D eigenvalue weighted by Gasteiger charge is -2.18. The minimum absolute atomic E-state index is 0.100. The van der Waals surface area contributed by atoms with Gasteiger partial charge in [0, 0.05) is 0 Å². The van der Waals surface area contributed by atoms with Gasteiger partial charge in [0.15, 0.2) is 5.69 Å². The first kappa shape index (κ1) is 21.8. The molecule has 6 heteroatoms. The lowest BCUT2D eigenvalue weighted by atomic mass is 10.2. The van der Waals surface area contributed by atoms with Crippen molar-refractivity contribution in [3.8, 4) is 0 Å². The second-order valence-electron chi connectivity index (χ2n) is 4.83. The Kier molecular flexibility index (Phi) is 11.7. The summed E-state index contributed by atoms with van der Waals surface area (Å²) in [6, 6.07) is 0. The van der Waals surface area contributed by atoms with E-state index in [0.29, 0.717) is 6.42 Å². The Morgan fingerprint density at radius 3 is 2.29 bits per heavy atom. The first-order chi connectivity index (χ1) is 9.81. The highest BCUT2D eigenvalue weighted by atomic mass is 19.1. The standard InChI is InChI=1S/C11H18FN3O2.2C2H6/c1-5-8(12)6-15-7-9(13-14-15)10(16)17-11(2,3)4;2*1-2/h7-8H,5-6H2,1-4H3;2*1-2H3/t8-;;/m1../s1. The Labute approximate surface area is 127 Å². The van der Waals surface area contributed by atoms with Crippen molar-refractivity contribution in [2.75, 3.05) is 0 Å². The summed E-state index contributed by atoms with van der Waals surface area (Å²) in [5, 5.41) is 7.34. The zero-order valence-corrected chi connectivity index (χ0v) is 14.6. The monoisotopic (exact) mass is 303 g/mol. The van der Waals surface area contributed by atoms with Crippen molar-refractivity contribution in [3.05, 3.63) is 11.9 Å². The maximum absolute atomic E-state index is 13.1. The molecule has 0 unspecified atom stereocenters. The van der Waals surface area contributed by atoms with Gasteiger partial charge in [0.05, 0.1) is 12.7 Å². The number of carbonyl (C=O) groups excluding carboxylic acids is 1. The van der Waals surface area contributed by atoms with E-state index in [2.05, 4.69) is 10.3 Å². The highest BCUT2D eigenvalue weighted by Crippen LogP contribution is 2.10. The maximum atomic E-state index is 13.1. The second-order valence-corrected chi connectivity index (χ2v) is 4.83. The van der Waals surface area contributed by atoms with Crippen LogP contribution in [-0.2, 0) is 11.3 Å². The Hall–Kier alpha value is -1.46. The maximum Gasteiger partial charge on any atom is 0.361 e. The van der Waals surface area contributed by atoms with Gasteiger partial charge in [-0.05, 0) is 27.2 Å². The Bertz CT molecular complexity index is 387. The average Bonchev–Trinajstić information content (AvgIpc) is 2.90. The first-order valence-electron chi connectivity index (χ1n) is 7.59. The van der Waals surface area contributed by atoms with Crippen LogP contribution in [0.2, 0.25) is 0 Å². The van der Waals surface area contributed by atoms with Gasteiger partial charge in [0.2, 0.25) is 0 Å². The molecule has 0 saturated carbocycles. The van der Waals surface area contributed by atoms with Crippen molar-refractivity contribution < 1.29 is 13.9 Å². The highest BCUT2D eigenvalue weighted by Gasteiger charge is 2.20. The number of esters is 1. The normalized spacial score (nSPS) is 11.5. The molecule has 1 aromatic rings. The minimum atomic E-state index is -0.983. The van der Waals surface area contributed by atoms with E-state index in [1.807, 2.05) is 27.7 Å². The van der Waals surface area contributed by atoms with Gasteiger partial charge in [-0.2, -0.15) is 0 Å². The molecular weight excluding hydrogens is 273 g/mol. The van der Waals surface area contributed by atoms with Crippen LogP contribution in [0.1, 0.15) is 72.3 Å². The lowest BCUT2D eigenvalue weighted by molar-refractivity contribution is 0.00626. The van der Waals surface area contributed by atoms with Crippen molar-refractivity contribution in [1.82, 2.24) is 15.0 Å². The van der Waals surface area contributed by atoms with E-state index in [9.17, 15) is 9.18 Å². The molecule has 0 bridgehead atoms. The molecule has 0 amide bonds. The van der Waals surface area contributed by atoms with Gasteiger partial charge in [-0.3, -0.25) is 0 Å². The molecule has 0 spiro atoms. The molecule has 0 aliphatic rings. The third kappa shape index (κ3) is 9.98. The Balaban J connectivity index is 0. The van der Waals surface area contributed by atoms with Crippen LogP contribution in [0.4, 0.5) is 4.39 Å². The molecule has 0 N–H and O–H groups in total. The number of nitrogens with zero attached hydrogens (tertiary/aromatic N) is 3. The summed E-state index contributed by atoms with van der Waals surface area (Å²) in [5.41, 5.74) is -0.476. The molecule has 124 valence electrons. The smallest absolute Gasteiger partial charge is 0.361 e. The van der Waals surface area contributed by atoms with E-state index in [1.165, 1.54) is 10.9 Å². The molecule has 0 aromatic carbocycles. The zero-order chi connectivity index (χ0) is 17.1. The molecular formula is C15H30FN3O2. The van der Waals surface area contributed by atoms with E-state index < -0.39 is 17.7 Å². The highest BCUT2D eigenvalue weighted by molar-refractivity contribution is 5.86. The number of hydrogen-bond donors (Lipinski definition) is 0. The third-order valence-electron chi connectivity index (χ3n) is 1.97. The number of halogens is 1. The number of carbonyl (C=O) groups is 1. The van der Waals surface area contributed by atoms with Crippen LogP contribution in [0, 0.1) is 0 Å². The second kappa shape index (κ2) is 11.2. The van der Waals surface area contributed by atoms with E-state index in [4.69, 9.17) is 4.74 Å². The summed E-state index contributed by atoms with van der Waals surface area (Å²) in [5.74, 6) is -0.546. The predicted molar refractivity (Wildman–Crippen MR) is 83.1 cm³/mol. The van der Waals surface area contributed by atoms with Crippen LogP contribution >= 0.6 is 0 Å². The summed E-state index contributed by atoms with van der Waals surface area (Å²) in [6.07, 6.45) is 0.820. The van der Waals surface area contributed by atoms with Gasteiger partial charge >= 0.3 is 5.97 Å². The van der Waals surface area contributed by atoms with Crippen LogP contribution < -0.4 is 0 Å². The average molecular weight is 303 g/mol. The number of hydrogen-bond acceptors (Lipinski definition) is 4. The number of ether oxygens (including phenoxy) is 1. The molecule has 0 aliphatic carbocycles. The van der Waals surface area contributed by atoms with E-state index >= 15 is 0 Å². The van der Waals surface area contributed by atoms with Crippen LogP contribution in [0.25, 0.3) is 0 Å². The van der Waals surface area contributed by atoms with Gasteiger partial charge in [0.25, 0.3) is 0 Å². The molecule has 1 rings (SSSR count). The summed E-state index contributed by atoms with van der Waals surface area (Å²) in [6.45, 7) is 15.2. The first-order valence-corrected chi connectivity index (χ1v) is 7.59. The summed E-state index contributed by atoms with van der Waals surface area (Å²) < 4.78 is 19.5. The van der Waals surface area contributed by atoms with E-state index in [1.54, 1.807) is 27.7 Å². The quantitative estimate of drug-likeness (QED) is 0.788. The van der Waals surface area contributed by atoms with Gasteiger partial charge < -0.3 is 4.74 Å². The molecule has 0 radical (unpaired) electrons. The molecule has 0 fully saturated rings. The van der Waals surface area contributed by atoms with Gasteiger partial charge in [-0.15, -0.1) is 5.10 Å². The van der Waals surface area contributed by atoms with Crippen molar-refractivity contribution in [3.63, 3.8) is 0 Å².